The van der Waals surface area contributed by atoms with Gasteiger partial charge in [0.25, 0.3) is 0 Å². The van der Waals surface area contributed by atoms with Gasteiger partial charge in [0.1, 0.15) is 5.82 Å². The topological polar surface area (TPSA) is 66.5 Å². The molecule has 1 N–H and O–H groups in total. The highest BCUT2D eigenvalue weighted by Gasteiger charge is 2.33. The second kappa shape index (κ2) is 9.15. The lowest BCUT2D eigenvalue weighted by molar-refractivity contribution is -0.126. The molecule has 1 amide bonds. The fourth-order valence-corrected chi connectivity index (χ4v) is 5.57. The standard InChI is InChI=1S/C20H29FN2O3S/c21-17-10-12-19(13-11-17)27(25,26)23-14-6-7-16(15-23)20(24)22-18-8-4-2-1-3-5-9-18/h10-13,16,18H,1-9,14-15H2,(H,22,24). The van der Waals surface area contributed by atoms with E-state index in [1.807, 2.05) is 0 Å². The van der Waals surface area contributed by atoms with E-state index in [0.29, 0.717) is 19.4 Å². The Morgan fingerprint density at radius 3 is 2.26 bits per heavy atom. The SMILES string of the molecule is O=C(NC1CCCCCCC1)C1CCCN(S(=O)(=O)c2ccc(F)cc2)C1. The first-order valence-electron chi connectivity index (χ1n) is 10.0. The van der Waals surface area contributed by atoms with Crippen molar-refractivity contribution in [1.29, 1.82) is 0 Å². The van der Waals surface area contributed by atoms with Gasteiger partial charge in [0.05, 0.1) is 10.8 Å². The third-order valence-corrected chi connectivity index (χ3v) is 7.54. The lowest BCUT2D eigenvalue weighted by atomic mass is 9.94. The number of rotatable bonds is 4. The average molecular weight is 397 g/mol. The number of halogens is 1. The third-order valence-electron chi connectivity index (χ3n) is 5.66. The van der Waals surface area contributed by atoms with Crippen LogP contribution in [0, 0.1) is 11.7 Å². The smallest absolute Gasteiger partial charge is 0.243 e. The molecule has 1 aromatic carbocycles. The maximum Gasteiger partial charge on any atom is 0.243 e. The van der Waals surface area contributed by atoms with Crippen LogP contribution in [0.1, 0.15) is 57.8 Å². The highest BCUT2D eigenvalue weighted by molar-refractivity contribution is 7.89. The summed E-state index contributed by atoms with van der Waals surface area (Å²) in [6.07, 6.45) is 9.38. The van der Waals surface area contributed by atoms with E-state index in [-0.39, 0.29) is 29.3 Å². The number of carbonyl (C=O) groups is 1. The lowest BCUT2D eigenvalue weighted by Gasteiger charge is -2.32. The van der Waals surface area contributed by atoms with Crippen LogP contribution in [0.2, 0.25) is 0 Å². The second-order valence-electron chi connectivity index (χ2n) is 7.71. The lowest BCUT2D eigenvalue weighted by Crippen LogP contribution is -2.47. The van der Waals surface area contributed by atoms with Crippen molar-refractivity contribution in [3.63, 3.8) is 0 Å². The van der Waals surface area contributed by atoms with E-state index in [4.69, 9.17) is 0 Å². The van der Waals surface area contributed by atoms with Gasteiger partial charge in [-0.2, -0.15) is 4.31 Å². The summed E-state index contributed by atoms with van der Waals surface area (Å²) >= 11 is 0. The summed E-state index contributed by atoms with van der Waals surface area (Å²) in [7, 11) is -3.70. The maximum absolute atomic E-state index is 13.1. The van der Waals surface area contributed by atoms with Crippen molar-refractivity contribution in [2.24, 2.45) is 5.92 Å². The van der Waals surface area contributed by atoms with Gasteiger partial charge in [-0.3, -0.25) is 4.79 Å². The van der Waals surface area contributed by atoms with E-state index in [0.717, 1.165) is 37.8 Å². The zero-order valence-corrected chi connectivity index (χ0v) is 16.5. The van der Waals surface area contributed by atoms with Crippen LogP contribution in [0.3, 0.4) is 0 Å². The Bertz CT molecular complexity index is 728. The second-order valence-corrected chi connectivity index (χ2v) is 9.64. The summed E-state index contributed by atoms with van der Waals surface area (Å²) in [5, 5.41) is 3.17. The van der Waals surface area contributed by atoms with Crippen molar-refractivity contribution < 1.29 is 17.6 Å². The molecule has 3 rings (SSSR count). The van der Waals surface area contributed by atoms with E-state index in [1.165, 1.54) is 35.7 Å². The summed E-state index contributed by atoms with van der Waals surface area (Å²) in [6, 6.07) is 5.07. The fraction of sp³-hybridized carbons (Fsp3) is 0.650. The van der Waals surface area contributed by atoms with E-state index in [9.17, 15) is 17.6 Å². The number of hydrogen-bond acceptors (Lipinski definition) is 3. The Morgan fingerprint density at radius 1 is 0.963 bits per heavy atom. The van der Waals surface area contributed by atoms with E-state index >= 15 is 0 Å². The minimum atomic E-state index is -3.70. The molecule has 27 heavy (non-hydrogen) atoms. The number of sulfonamides is 1. The number of nitrogens with zero attached hydrogens (tertiary/aromatic N) is 1. The zero-order chi connectivity index (χ0) is 19.3. The highest BCUT2D eigenvalue weighted by Crippen LogP contribution is 2.25. The molecule has 7 heteroatoms. The molecule has 2 aliphatic rings. The third kappa shape index (κ3) is 5.29. The minimum absolute atomic E-state index is 0.0282. The van der Waals surface area contributed by atoms with Gasteiger partial charge in [0.15, 0.2) is 0 Å². The highest BCUT2D eigenvalue weighted by atomic mass is 32.2. The van der Waals surface area contributed by atoms with Crippen molar-refractivity contribution in [3.05, 3.63) is 30.1 Å². The van der Waals surface area contributed by atoms with Crippen LogP contribution in [0.4, 0.5) is 4.39 Å². The number of piperidine rings is 1. The number of benzene rings is 1. The molecule has 1 saturated carbocycles. The van der Waals surface area contributed by atoms with Gasteiger partial charge in [0, 0.05) is 19.1 Å². The van der Waals surface area contributed by atoms with Crippen LogP contribution in [-0.4, -0.2) is 37.8 Å². The molecule has 0 spiro atoms. The van der Waals surface area contributed by atoms with Crippen LogP contribution in [0.5, 0.6) is 0 Å². The molecule has 1 saturated heterocycles. The Kier molecular flexibility index (Phi) is 6.87. The normalized spacial score (nSPS) is 23.4. The van der Waals surface area contributed by atoms with Gasteiger partial charge in [-0.25, -0.2) is 12.8 Å². The van der Waals surface area contributed by atoms with E-state index in [2.05, 4.69) is 5.32 Å². The molecule has 2 fully saturated rings. The van der Waals surface area contributed by atoms with Gasteiger partial charge >= 0.3 is 0 Å². The van der Waals surface area contributed by atoms with Crippen LogP contribution >= 0.6 is 0 Å². The summed E-state index contributed by atoms with van der Waals surface area (Å²) < 4.78 is 40.1. The van der Waals surface area contributed by atoms with Crippen molar-refractivity contribution in [1.82, 2.24) is 9.62 Å². The van der Waals surface area contributed by atoms with Crippen LogP contribution in [-0.2, 0) is 14.8 Å². The zero-order valence-electron chi connectivity index (χ0n) is 15.7. The number of nitrogens with one attached hydrogen (secondary N) is 1. The summed E-state index contributed by atoms with van der Waals surface area (Å²) in [5.41, 5.74) is 0. The molecule has 5 nitrogen and oxygen atoms in total. The van der Waals surface area contributed by atoms with E-state index < -0.39 is 15.8 Å². The minimum Gasteiger partial charge on any atom is -0.353 e. The van der Waals surface area contributed by atoms with Crippen LogP contribution < -0.4 is 5.32 Å². The van der Waals surface area contributed by atoms with E-state index in [1.54, 1.807) is 0 Å². The first-order chi connectivity index (χ1) is 13.0. The average Bonchev–Trinajstić information content (AvgIpc) is 2.64. The summed E-state index contributed by atoms with van der Waals surface area (Å²) in [6.45, 7) is 0.588. The Morgan fingerprint density at radius 2 is 1.59 bits per heavy atom. The van der Waals surface area contributed by atoms with Gasteiger partial charge in [-0.15, -0.1) is 0 Å². The van der Waals surface area contributed by atoms with Crippen LogP contribution in [0.25, 0.3) is 0 Å². The predicted molar refractivity (Wildman–Crippen MR) is 102 cm³/mol. The number of amides is 1. The van der Waals surface area contributed by atoms with Crippen molar-refractivity contribution in [2.75, 3.05) is 13.1 Å². The van der Waals surface area contributed by atoms with Crippen molar-refractivity contribution >= 4 is 15.9 Å². The molecule has 1 aromatic rings. The number of carbonyl (C=O) groups excluding carboxylic acids is 1. The van der Waals surface area contributed by atoms with Crippen molar-refractivity contribution in [2.45, 2.75) is 68.7 Å². The molecule has 0 aromatic heterocycles. The van der Waals surface area contributed by atoms with Gasteiger partial charge in [-0.05, 0) is 49.9 Å². The molecule has 1 heterocycles. The quantitative estimate of drug-likeness (QED) is 0.848. The van der Waals surface area contributed by atoms with Gasteiger partial charge < -0.3 is 5.32 Å². The monoisotopic (exact) mass is 396 g/mol. The fourth-order valence-electron chi connectivity index (χ4n) is 4.05. The summed E-state index contributed by atoms with van der Waals surface area (Å²) in [5.74, 6) is -0.817. The molecular formula is C20H29FN2O3S. The molecule has 1 unspecified atom stereocenters. The Balaban J connectivity index is 1.62. The molecule has 150 valence electrons. The molecule has 1 aliphatic heterocycles. The Hall–Kier alpha value is -1.47. The molecular weight excluding hydrogens is 367 g/mol. The first kappa shape index (κ1) is 20.3. The number of hydrogen-bond donors (Lipinski definition) is 1. The Labute approximate surface area is 161 Å². The molecule has 0 radical (unpaired) electrons. The van der Waals surface area contributed by atoms with Gasteiger partial charge in [-0.1, -0.05) is 32.1 Å². The molecule has 1 aliphatic carbocycles. The predicted octanol–water partition coefficient (Wildman–Crippen LogP) is 3.46. The van der Waals surface area contributed by atoms with Gasteiger partial charge in [0.2, 0.25) is 15.9 Å². The molecule has 0 bridgehead atoms. The molecule has 1 atom stereocenters. The maximum atomic E-state index is 13.1. The largest absolute Gasteiger partial charge is 0.353 e. The van der Waals surface area contributed by atoms with Crippen molar-refractivity contribution in [3.8, 4) is 0 Å². The van der Waals surface area contributed by atoms with Crippen LogP contribution in [0.15, 0.2) is 29.2 Å². The first-order valence-corrected chi connectivity index (χ1v) is 11.5. The summed E-state index contributed by atoms with van der Waals surface area (Å²) in [4.78, 5) is 12.8.